The zero-order valence-electron chi connectivity index (χ0n) is 11.6. The van der Waals surface area contributed by atoms with Gasteiger partial charge in [0, 0.05) is 12.6 Å². The highest BCUT2D eigenvalue weighted by Crippen LogP contribution is 2.38. The third-order valence-electron chi connectivity index (χ3n) is 3.17. The molecule has 0 amide bonds. The Labute approximate surface area is 110 Å². The Hall–Kier alpha value is -1.38. The van der Waals surface area contributed by atoms with Gasteiger partial charge in [0.05, 0.1) is 17.5 Å². The molecule has 3 heteroatoms. The summed E-state index contributed by atoms with van der Waals surface area (Å²) in [5.41, 5.74) is 8.18. The summed E-state index contributed by atoms with van der Waals surface area (Å²) in [6.45, 7) is 7.33. The van der Waals surface area contributed by atoms with Gasteiger partial charge in [-0.2, -0.15) is 0 Å². The molecule has 1 aliphatic carbocycles. The van der Waals surface area contributed by atoms with Crippen molar-refractivity contribution in [1.82, 2.24) is 0 Å². The molecule has 100 valence electrons. The van der Waals surface area contributed by atoms with E-state index in [1.54, 1.807) is 0 Å². The second-order valence-corrected chi connectivity index (χ2v) is 5.28. The fourth-order valence-electron chi connectivity index (χ4n) is 2.27. The lowest BCUT2D eigenvalue weighted by molar-refractivity contribution is 0.244. The van der Waals surface area contributed by atoms with E-state index in [4.69, 9.17) is 10.5 Å². The lowest BCUT2D eigenvalue weighted by Crippen LogP contribution is -2.27. The van der Waals surface area contributed by atoms with Gasteiger partial charge in [-0.1, -0.05) is 13.0 Å². The molecule has 1 saturated carbocycles. The van der Waals surface area contributed by atoms with Gasteiger partial charge in [0.2, 0.25) is 0 Å². The van der Waals surface area contributed by atoms with Crippen molar-refractivity contribution < 1.29 is 4.74 Å². The van der Waals surface area contributed by atoms with Crippen LogP contribution in [-0.4, -0.2) is 18.7 Å². The molecule has 0 bridgehead atoms. The van der Waals surface area contributed by atoms with Gasteiger partial charge in [-0.3, -0.25) is 0 Å². The van der Waals surface area contributed by atoms with Crippen molar-refractivity contribution in [2.24, 2.45) is 0 Å². The minimum absolute atomic E-state index is 0.156. The number of nitrogen functional groups attached to an aromatic ring is 1. The van der Waals surface area contributed by atoms with Crippen LogP contribution in [0.1, 0.15) is 40.0 Å². The summed E-state index contributed by atoms with van der Waals surface area (Å²) >= 11 is 0. The van der Waals surface area contributed by atoms with Gasteiger partial charge in [-0.25, -0.2) is 0 Å². The molecule has 0 unspecified atom stereocenters. The number of benzene rings is 1. The molecule has 1 aliphatic rings. The maximum absolute atomic E-state index is 6.26. The van der Waals surface area contributed by atoms with E-state index < -0.39 is 0 Å². The molecule has 1 aromatic rings. The first-order chi connectivity index (χ1) is 8.63. The van der Waals surface area contributed by atoms with Crippen molar-refractivity contribution in [3.63, 3.8) is 0 Å². The van der Waals surface area contributed by atoms with E-state index >= 15 is 0 Å². The van der Waals surface area contributed by atoms with Crippen molar-refractivity contribution in [1.29, 1.82) is 0 Å². The molecule has 0 saturated heterocycles. The van der Waals surface area contributed by atoms with Gasteiger partial charge in [-0.15, -0.1) is 0 Å². The van der Waals surface area contributed by atoms with E-state index in [-0.39, 0.29) is 6.10 Å². The average Bonchev–Trinajstić information content (AvgIpc) is 3.13. The number of nitrogens with two attached hydrogens (primary N) is 1. The molecule has 0 radical (unpaired) electrons. The third-order valence-corrected chi connectivity index (χ3v) is 3.17. The van der Waals surface area contributed by atoms with E-state index in [1.807, 2.05) is 26.0 Å². The lowest BCUT2D eigenvalue weighted by atomic mass is 10.2. The summed E-state index contributed by atoms with van der Waals surface area (Å²) in [6, 6.07) is 6.78. The zero-order valence-corrected chi connectivity index (χ0v) is 11.6. The molecule has 18 heavy (non-hydrogen) atoms. The predicted octanol–water partition coefficient (Wildman–Crippen LogP) is 3.43. The Morgan fingerprint density at radius 1 is 1.39 bits per heavy atom. The van der Waals surface area contributed by atoms with Gasteiger partial charge in [0.1, 0.15) is 5.75 Å². The van der Waals surface area contributed by atoms with Crippen LogP contribution in [0.2, 0.25) is 0 Å². The van der Waals surface area contributed by atoms with Crippen LogP contribution >= 0.6 is 0 Å². The fourth-order valence-corrected chi connectivity index (χ4v) is 2.27. The van der Waals surface area contributed by atoms with Gasteiger partial charge in [0.15, 0.2) is 0 Å². The minimum Gasteiger partial charge on any atom is -0.489 e. The normalized spacial score (nSPS) is 14.9. The van der Waals surface area contributed by atoms with Crippen molar-refractivity contribution in [3.8, 4) is 5.75 Å². The Morgan fingerprint density at radius 3 is 2.67 bits per heavy atom. The molecule has 3 nitrogen and oxygen atoms in total. The van der Waals surface area contributed by atoms with Crippen molar-refractivity contribution in [2.45, 2.75) is 52.2 Å². The molecule has 1 fully saturated rings. The Kier molecular flexibility index (Phi) is 4.00. The summed E-state index contributed by atoms with van der Waals surface area (Å²) in [6.07, 6.45) is 3.87. The molecular weight excluding hydrogens is 224 g/mol. The molecule has 0 aromatic heterocycles. The van der Waals surface area contributed by atoms with Crippen LogP contribution < -0.4 is 15.4 Å². The van der Waals surface area contributed by atoms with Crippen LogP contribution in [0.4, 0.5) is 11.4 Å². The van der Waals surface area contributed by atoms with E-state index in [0.29, 0.717) is 6.04 Å². The molecule has 0 spiro atoms. The minimum atomic E-state index is 0.156. The highest BCUT2D eigenvalue weighted by Gasteiger charge is 2.30. The van der Waals surface area contributed by atoms with Crippen LogP contribution in [-0.2, 0) is 0 Å². The molecule has 2 rings (SSSR count). The second kappa shape index (κ2) is 5.51. The zero-order chi connectivity index (χ0) is 13.1. The topological polar surface area (TPSA) is 38.5 Å². The van der Waals surface area contributed by atoms with Crippen molar-refractivity contribution >= 4 is 11.4 Å². The number of anilines is 2. The average molecular weight is 248 g/mol. The van der Waals surface area contributed by atoms with E-state index in [9.17, 15) is 0 Å². The number of ether oxygens (including phenoxy) is 1. The molecule has 2 N–H and O–H groups in total. The van der Waals surface area contributed by atoms with E-state index in [0.717, 1.165) is 30.1 Å². The Balaban J connectivity index is 2.25. The van der Waals surface area contributed by atoms with Crippen LogP contribution in [0.25, 0.3) is 0 Å². The monoisotopic (exact) mass is 248 g/mol. The maximum Gasteiger partial charge on any atom is 0.144 e. The summed E-state index contributed by atoms with van der Waals surface area (Å²) in [7, 11) is 0. The molecule has 1 aromatic carbocycles. The summed E-state index contributed by atoms with van der Waals surface area (Å²) in [5, 5.41) is 0. The molecule has 0 atom stereocenters. The summed E-state index contributed by atoms with van der Waals surface area (Å²) < 4.78 is 5.76. The number of hydrogen-bond donors (Lipinski definition) is 1. The predicted molar refractivity (Wildman–Crippen MR) is 77.3 cm³/mol. The maximum atomic E-state index is 6.26. The van der Waals surface area contributed by atoms with E-state index in [1.165, 1.54) is 12.8 Å². The first kappa shape index (κ1) is 13.1. The molecule has 0 aliphatic heterocycles. The molecule has 0 heterocycles. The van der Waals surface area contributed by atoms with Gasteiger partial charge in [0.25, 0.3) is 0 Å². The Morgan fingerprint density at radius 2 is 2.11 bits per heavy atom. The molecular formula is C15H24N2O. The standard InChI is InChI=1S/C15H24N2O/c1-4-10-17(12-8-9-12)13-6-5-7-14(15(13)16)18-11(2)3/h5-7,11-12H,4,8-10,16H2,1-3H3. The largest absolute Gasteiger partial charge is 0.489 e. The second-order valence-electron chi connectivity index (χ2n) is 5.28. The number of hydrogen-bond acceptors (Lipinski definition) is 3. The van der Waals surface area contributed by atoms with Gasteiger partial charge < -0.3 is 15.4 Å². The van der Waals surface area contributed by atoms with Gasteiger partial charge >= 0.3 is 0 Å². The third kappa shape index (κ3) is 2.89. The van der Waals surface area contributed by atoms with E-state index in [2.05, 4.69) is 17.9 Å². The van der Waals surface area contributed by atoms with Crippen molar-refractivity contribution in [3.05, 3.63) is 18.2 Å². The Bertz CT molecular complexity index is 399. The van der Waals surface area contributed by atoms with Crippen LogP contribution in [0, 0.1) is 0 Å². The van der Waals surface area contributed by atoms with Crippen LogP contribution in [0.3, 0.4) is 0 Å². The first-order valence-electron chi connectivity index (χ1n) is 6.95. The summed E-state index contributed by atoms with van der Waals surface area (Å²) in [4.78, 5) is 2.43. The SMILES string of the molecule is CCCN(c1cccc(OC(C)C)c1N)C1CC1. The lowest BCUT2D eigenvalue weighted by Gasteiger charge is -2.26. The van der Waals surface area contributed by atoms with Gasteiger partial charge in [-0.05, 0) is 45.2 Å². The fraction of sp³-hybridized carbons (Fsp3) is 0.600. The highest BCUT2D eigenvalue weighted by molar-refractivity contribution is 5.74. The van der Waals surface area contributed by atoms with Crippen LogP contribution in [0.5, 0.6) is 5.75 Å². The first-order valence-corrected chi connectivity index (χ1v) is 6.95. The summed E-state index contributed by atoms with van der Waals surface area (Å²) in [5.74, 6) is 0.809. The highest BCUT2D eigenvalue weighted by atomic mass is 16.5. The number of nitrogens with zero attached hydrogens (tertiary/aromatic N) is 1. The van der Waals surface area contributed by atoms with Crippen LogP contribution in [0.15, 0.2) is 18.2 Å². The number of para-hydroxylation sites is 1. The smallest absolute Gasteiger partial charge is 0.144 e. The number of rotatable bonds is 6. The van der Waals surface area contributed by atoms with Crippen molar-refractivity contribution in [2.75, 3.05) is 17.2 Å². The quantitative estimate of drug-likeness (QED) is 0.784.